The molecule has 51 valence electrons. The van der Waals surface area contributed by atoms with E-state index in [-0.39, 0.29) is 6.15 Å². The molecule has 1 aromatic carbocycles. The van der Waals surface area contributed by atoms with Gasteiger partial charge in [-0.05, 0) is 5.56 Å². The Hall–Kier alpha value is -1.15. The first-order chi connectivity index (χ1) is 4.43. The van der Waals surface area contributed by atoms with Crippen molar-refractivity contribution < 1.29 is 4.79 Å². The molecule has 0 bridgehead atoms. The first kappa shape index (κ1) is 8.85. The first-order valence-electron chi connectivity index (χ1n) is 2.91. The van der Waals surface area contributed by atoms with Crippen LogP contribution < -0.4 is 6.15 Å². The maximum atomic E-state index is 9.97. The highest BCUT2D eigenvalue weighted by molar-refractivity contribution is 5.54. The number of aldehydes is 1. The molecule has 1 rings (SSSR count). The third-order valence-electron chi connectivity index (χ3n) is 1.16. The fourth-order valence-electron chi connectivity index (χ4n) is 0.710. The van der Waals surface area contributed by atoms with Crippen molar-refractivity contribution in [1.82, 2.24) is 6.15 Å². The Balaban J connectivity index is 0.000000810. The Bertz CT molecular complexity index is 184. The third kappa shape index (κ3) is 2.42. The summed E-state index contributed by atoms with van der Waals surface area (Å²) in [7, 11) is 0. The summed E-state index contributed by atoms with van der Waals surface area (Å²) < 4.78 is 0. The van der Waals surface area contributed by atoms with Crippen LogP contribution in [0.1, 0.15) is 5.56 Å². The van der Waals surface area contributed by atoms with Crippen molar-refractivity contribution in [2.45, 2.75) is 6.42 Å². The summed E-state index contributed by atoms with van der Waals surface area (Å²) in [5.41, 5.74) is 1.08. The monoisotopic (exact) mass is 134 g/mol. The van der Waals surface area contributed by atoms with E-state index in [0.29, 0.717) is 6.42 Å². The van der Waals surface area contributed by atoms with Crippen molar-refractivity contribution >= 4 is 6.29 Å². The van der Waals surface area contributed by atoms with Crippen LogP contribution in [0.2, 0.25) is 0 Å². The van der Waals surface area contributed by atoms with Gasteiger partial charge >= 0.3 is 0 Å². The van der Waals surface area contributed by atoms with E-state index in [1.807, 2.05) is 30.3 Å². The summed E-state index contributed by atoms with van der Waals surface area (Å²) in [5.74, 6) is 0. The Morgan fingerprint density at radius 1 is 1.20 bits per heavy atom. The van der Waals surface area contributed by atoms with E-state index >= 15 is 0 Å². The van der Waals surface area contributed by atoms with Crippen LogP contribution in [0.4, 0.5) is 0 Å². The Morgan fingerprint density at radius 2 is 1.80 bits per heavy atom. The molecule has 0 N–H and O–H groups in total. The maximum Gasteiger partial charge on any atom is 0.124 e. The van der Waals surface area contributed by atoms with Gasteiger partial charge in [-0.1, -0.05) is 30.3 Å². The average Bonchev–Trinajstić information content (AvgIpc) is 1.91. The molecule has 0 saturated heterocycles. The minimum atomic E-state index is 0. The lowest BCUT2D eigenvalue weighted by Gasteiger charge is -1.89. The maximum absolute atomic E-state index is 9.97. The minimum absolute atomic E-state index is 0. The van der Waals surface area contributed by atoms with Gasteiger partial charge in [-0.3, -0.25) is 0 Å². The molecular weight excluding hydrogens is 126 g/mol. The quantitative estimate of drug-likeness (QED) is 0.555. The van der Waals surface area contributed by atoms with E-state index in [4.69, 9.17) is 0 Å². The highest BCUT2D eigenvalue weighted by Gasteiger charge is 1.84. The summed E-state index contributed by atoms with van der Waals surface area (Å²) in [6.45, 7) is 0. The van der Waals surface area contributed by atoms with Crippen LogP contribution in [-0.2, 0) is 11.2 Å². The molecule has 2 heteroatoms. The zero-order valence-corrected chi connectivity index (χ0v) is 5.53. The van der Waals surface area contributed by atoms with E-state index in [2.05, 4.69) is 0 Å². The SMILES string of the molecule is O=CCc1ccccc1.[N]. The average molecular weight is 134 g/mol. The molecular formula is C8H8NO. The van der Waals surface area contributed by atoms with E-state index < -0.39 is 0 Å². The zero-order valence-electron chi connectivity index (χ0n) is 5.53. The van der Waals surface area contributed by atoms with Gasteiger partial charge in [0.25, 0.3) is 0 Å². The summed E-state index contributed by atoms with van der Waals surface area (Å²) >= 11 is 0. The molecule has 0 amide bonds. The number of nitrogens with zero attached hydrogens (tertiary/aromatic N) is 1. The number of rotatable bonds is 2. The number of benzene rings is 1. The number of carbonyl (C=O) groups is 1. The van der Waals surface area contributed by atoms with Gasteiger partial charge in [0.2, 0.25) is 0 Å². The van der Waals surface area contributed by atoms with Gasteiger partial charge in [0.1, 0.15) is 6.29 Å². The van der Waals surface area contributed by atoms with Gasteiger partial charge in [-0.25, -0.2) is 0 Å². The van der Waals surface area contributed by atoms with Crippen LogP contribution in [0.25, 0.3) is 0 Å². The molecule has 1 aromatic rings. The molecule has 0 fully saturated rings. The lowest BCUT2D eigenvalue weighted by Crippen LogP contribution is -1.82. The van der Waals surface area contributed by atoms with Crippen LogP contribution in [0.3, 0.4) is 0 Å². The fourth-order valence-corrected chi connectivity index (χ4v) is 0.710. The summed E-state index contributed by atoms with van der Waals surface area (Å²) in [5, 5.41) is 0. The molecule has 0 aromatic heterocycles. The van der Waals surface area contributed by atoms with E-state index in [0.717, 1.165) is 11.8 Å². The molecule has 0 heterocycles. The highest BCUT2D eigenvalue weighted by atomic mass is 16.1. The second-order valence-corrected chi connectivity index (χ2v) is 1.86. The van der Waals surface area contributed by atoms with Gasteiger partial charge < -0.3 is 4.79 Å². The van der Waals surface area contributed by atoms with Crippen LogP contribution >= 0.6 is 0 Å². The van der Waals surface area contributed by atoms with E-state index in [1.54, 1.807) is 0 Å². The van der Waals surface area contributed by atoms with Gasteiger partial charge in [0.15, 0.2) is 0 Å². The van der Waals surface area contributed by atoms with Crippen LogP contribution in [0, 0.1) is 0 Å². The second-order valence-electron chi connectivity index (χ2n) is 1.86. The molecule has 0 aliphatic carbocycles. The van der Waals surface area contributed by atoms with Crippen molar-refractivity contribution in [2.24, 2.45) is 0 Å². The van der Waals surface area contributed by atoms with Gasteiger partial charge in [0, 0.05) is 12.6 Å². The lowest BCUT2D eigenvalue weighted by atomic mass is 10.2. The van der Waals surface area contributed by atoms with Crippen molar-refractivity contribution in [1.29, 1.82) is 0 Å². The lowest BCUT2D eigenvalue weighted by molar-refractivity contribution is -0.107. The van der Waals surface area contributed by atoms with E-state index in [9.17, 15) is 4.79 Å². The normalized spacial score (nSPS) is 8.00. The molecule has 10 heavy (non-hydrogen) atoms. The van der Waals surface area contributed by atoms with Crippen LogP contribution in [0.15, 0.2) is 30.3 Å². The molecule has 3 radical (unpaired) electrons. The minimum Gasteiger partial charge on any atom is -0.303 e. The standard InChI is InChI=1S/C8H8O.N/c9-7-6-8-4-2-1-3-5-8;/h1-5,7H,6H2;. The third-order valence-corrected chi connectivity index (χ3v) is 1.16. The number of carbonyl (C=O) groups excluding carboxylic acids is 1. The predicted molar refractivity (Wildman–Crippen MR) is 38.3 cm³/mol. The zero-order chi connectivity index (χ0) is 6.53. The van der Waals surface area contributed by atoms with E-state index in [1.165, 1.54) is 0 Å². The Morgan fingerprint density at radius 3 is 2.30 bits per heavy atom. The first-order valence-corrected chi connectivity index (χ1v) is 2.91. The van der Waals surface area contributed by atoms with Crippen molar-refractivity contribution in [3.63, 3.8) is 0 Å². The molecule has 0 unspecified atom stereocenters. The Labute approximate surface area is 60.5 Å². The van der Waals surface area contributed by atoms with Crippen molar-refractivity contribution in [3.05, 3.63) is 35.9 Å². The van der Waals surface area contributed by atoms with Gasteiger partial charge in [-0.15, -0.1) is 0 Å². The Kier molecular flexibility index (Phi) is 4.16. The number of hydrogen-bond acceptors (Lipinski definition) is 1. The summed E-state index contributed by atoms with van der Waals surface area (Å²) in [4.78, 5) is 9.97. The van der Waals surface area contributed by atoms with Crippen LogP contribution in [0.5, 0.6) is 0 Å². The summed E-state index contributed by atoms with van der Waals surface area (Å²) in [6.07, 6.45) is 1.44. The topological polar surface area (TPSA) is 47.6 Å². The molecule has 0 aliphatic rings. The molecule has 0 atom stereocenters. The highest BCUT2D eigenvalue weighted by Crippen LogP contribution is 1.96. The van der Waals surface area contributed by atoms with Crippen LogP contribution in [-0.4, -0.2) is 6.29 Å². The molecule has 2 nitrogen and oxygen atoms in total. The molecule has 0 saturated carbocycles. The molecule has 0 aliphatic heterocycles. The number of hydrogen-bond donors (Lipinski definition) is 0. The van der Waals surface area contributed by atoms with Gasteiger partial charge in [0.05, 0.1) is 0 Å². The summed E-state index contributed by atoms with van der Waals surface area (Å²) in [6, 6.07) is 9.68. The van der Waals surface area contributed by atoms with Crippen molar-refractivity contribution in [3.8, 4) is 0 Å². The largest absolute Gasteiger partial charge is 0.303 e. The second kappa shape index (κ2) is 4.70. The predicted octanol–water partition coefficient (Wildman–Crippen LogP) is 0.947. The molecule has 0 spiro atoms. The fraction of sp³-hybridized carbons (Fsp3) is 0.125. The van der Waals surface area contributed by atoms with Gasteiger partial charge in [-0.2, -0.15) is 0 Å². The van der Waals surface area contributed by atoms with Crippen molar-refractivity contribution in [2.75, 3.05) is 0 Å². The smallest absolute Gasteiger partial charge is 0.124 e.